The second-order valence-corrected chi connectivity index (χ2v) is 2.83. The quantitative estimate of drug-likeness (QED) is 0.627. The zero-order chi connectivity index (χ0) is 11.0. The molecule has 14 heavy (non-hydrogen) atoms. The first-order chi connectivity index (χ1) is 6.61. The first-order valence-corrected chi connectivity index (χ1v) is 4.72. The summed E-state index contributed by atoms with van der Waals surface area (Å²) in [5, 5.41) is 11.1. The van der Waals surface area contributed by atoms with Gasteiger partial charge in [-0.3, -0.25) is 9.59 Å². The normalized spacial score (nSPS) is 12.1. The molecule has 0 bridgehead atoms. The van der Waals surface area contributed by atoms with Gasteiger partial charge >= 0.3 is 5.97 Å². The van der Waals surface area contributed by atoms with Gasteiger partial charge in [0, 0.05) is 13.2 Å². The van der Waals surface area contributed by atoms with Crippen LogP contribution in [0.2, 0.25) is 0 Å². The first-order valence-electron chi connectivity index (χ1n) is 4.72. The van der Waals surface area contributed by atoms with E-state index in [0.717, 1.165) is 6.42 Å². The lowest BCUT2D eigenvalue weighted by Crippen LogP contribution is -2.38. The summed E-state index contributed by atoms with van der Waals surface area (Å²) in [5.41, 5.74) is 0. The fourth-order valence-electron chi connectivity index (χ4n) is 0.949. The Labute approximate surface area is 83.4 Å². The van der Waals surface area contributed by atoms with Crippen LogP contribution in [0, 0.1) is 0 Å². The van der Waals surface area contributed by atoms with Gasteiger partial charge in [0.15, 0.2) is 0 Å². The molecular formula is C9H17NO4. The Bertz CT molecular complexity index is 193. The zero-order valence-electron chi connectivity index (χ0n) is 8.58. The van der Waals surface area contributed by atoms with Crippen LogP contribution in [0.5, 0.6) is 0 Å². The SMILES string of the molecule is CCCNC(=O)C(CC(=O)O)OCC. The van der Waals surface area contributed by atoms with Gasteiger partial charge in [0.25, 0.3) is 0 Å². The second kappa shape index (κ2) is 7.32. The Morgan fingerprint density at radius 3 is 2.50 bits per heavy atom. The molecular weight excluding hydrogens is 186 g/mol. The molecule has 0 rings (SSSR count). The number of hydrogen-bond acceptors (Lipinski definition) is 3. The van der Waals surface area contributed by atoms with E-state index < -0.39 is 12.1 Å². The molecule has 0 fully saturated rings. The van der Waals surface area contributed by atoms with E-state index in [9.17, 15) is 9.59 Å². The van der Waals surface area contributed by atoms with Crippen molar-refractivity contribution >= 4 is 11.9 Å². The minimum atomic E-state index is -1.03. The van der Waals surface area contributed by atoms with Crippen LogP contribution in [0.15, 0.2) is 0 Å². The van der Waals surface area contributed by atoms with E-state index in [-0.39, 0.29) is 12.3 Å². The lowest BCUT2D eigenvalue weighted by Gasteiger charge is -2.14. The molecule has 5 heteroatoms. The van der Waals surface area contributed by atoms with E-state index in [1.807, 2.05) is 6.92 Å². The Kier molecular flexibility index (Phi) is 6.74. The molecule has 0 spiro atoms. The van der Waals surface area contributed by atoms with E-state index in [2.05, 4.69) is 5.32 Å². The van der Waals surface area contributed by atoms with Gasteiger partial charge in [-0.05, 0) is 13.3 Å². The molecule has 1 atom stereocenters. The average molecular weight is 203 g/mol. The lowest BCUT2D eigenvalue weighted by atomic mass is 10.2. The van der Waals surface area contributed by atoms with E-state index >= 15 is 0 Å². The molecule has 0 aromatic heterocycles. The van der Waals surface area contributed by atoms with Crippen molar-refractivity contribution in [2.24, 2.45) is 0 Å². The van der Waals surface area contributed by atoms with Crippen molar-refractivity contribution in [3.05, 3.63) is 0 Å². The van der Waals surface area contributed by atoms with Gasteiger partial charge < -0.3 is 15.2 Å². The van der Waals surface area contributed by atoms with Crippen LogP contribution >= 0.6 is 0 Å². The van der Waals surface area contributed by atoms with E-state index in [1.54, 1.807) is 6.92 Å². The van der Waals surface area contributed by atoms with Gasteiger partial charge in [0.2, 0.25) is 5.91 Å². The Morgan fingerprint density at radius 1 is 1.43 bits per heavy atom. The van der Waals surface area contributed by atoms with Crippen LogP contribution in [0.4, 0.5) is 0 Å². The highest BCUT2D eigenvalue weighted by Gasteiger charge is 2.21. The average Bonchev–Trinajstić information content (AvgIpc) is 2.13. The smallest absolute Gasteiger partial charge is 0.306 e. The number of carboxylic acid groups (broad SMARTS) is 1. The molecule has 5 nitrogen and oxygen atoms in total. The number of hydrogen-bond donors (Lipinski definition) is 2. The summed E-state index contributed by atoms with van der Waals surface area (Å²) in [6.07, 6.45) is -0.342. The molecule has 0 saturated heterocycles. The molecule has 0 aromatic carbocycles. The summed E-state index contributed by atoms with van der Waals surface area (Å²) in [4.78, 5) is 21.7. The van der Waals surface area contributed by atoms with Gasteiger partial charge in [-0.1, -0.05) is 6.92 Å². The zero-order valence-corrected chi connectivity index (χ0v) is 8.58. The van der Waals surface area contributed by atoms with Crippen molar-refractivity contribution in [2.75, 3.05) is 13.2 Å². The molecule has 82 valence electrons. The van der Waals surface area contributed by atoms with Crippen LogP contribution in [0.25, 0.3) is 0 Å². The third kappa shape index (κ3) is 5.53. The number of aliphatic carboxylic acids is 1. The first kappa shape index (κ1) is 12.9. The Hall–Kier alpha value is -1.10. The highest BCUT2D eigenvalue weighted by atomic mass is 16.5. The minimum Gasteiger partial charge on any atom is -0.481 e. The summed E-state index contributed by atoms with van der Waals surface area (Å²) in [6, 6.07) is 0. The number of amides is 1. The topological polar surface area (TPSA) is 75.6 Å². The third-order valence-electron chi connectivity index (χ3n) is 1.57. The highest BCUT2D eigenvalue weighted by Crippen LogP contribution is 1.99. The van der Waals surface area contributed by atoms with Crippen LogP contribution in [0.3, 0.4) is 0 Å². The number of carbonyl (C=O) groups is 2. The van der Waals surface area contributed by atoms with Crippen molar-refractivity contribution in [3.8, 4) is 0 Å². The number of nitrogens with one attached hydrogen (secondary N) is 1. The van der Waals surface area contributed by atoms with Gasteiger partial charge in [0.05, 0.1) is 6.42 Å². The Morgan fingerprint density at radius 2 is 2.07 bits per heavy atom. The second-order valence-electron chi connectivity index (χ2n) is 2.83. The molecule has 0 aliphatic carbocycles. The van der Waals surface area contributed by atoms with E-state index in [4.69, 9.17) is 9.84 Å². The molecule has 0 aliphatic heterocycles. The molecule has 0 radical (unpaired) electrons. The molecule has 1 unspecified atom stereocenters. The van der Waals surface area contributed by atoms with Crippen molar-refractivity contribution < 1.29 is 19.4 Å². The van der Waals surface area contributed by atoms with Crippen molar-refractivity contribution in [2.45, 2.75) is 32.8 Å². The summed E-state index contributed by atoms with van der Waals surface area (Å²) in [6.45, 7) is 4.52. The number of ether oxygens (including phenoxy) is 1. The van der Waals surface area contributed by atoms with Crippen LogP contribution in [0.1, 0.15) is 26.7 Å². The lowest BCUT2D eigenvalue weighted by molar-refractivity contribution is -0.146. The standard InChI is InChI=1S/C9H17NO4/c1-3-5-10-9(13)7(14-4-2)6-8(11)12/h7H,3-6H2,1-2H3,(H,10,13)(H,11,12). The third-order valence-corrected chi connectivity index (χ3v) is 1.57. The monoisotopic (exact) mass is 203 g/mol. The van der Waals surface area contributed by atoms with Gasteiger partial charge in [-0.25, -0.2) is 0 Å². The number of rotatable bonds is 7. The molecule has 0 aromatic rings. The molecule has 0 aliphatic rings. The van der Waals surface area contributed by atoms with Crippen molar-refractivity contribution in [1.29, 1.82) is 0 Å². The largest absolute Gasteiger partial charge is 0.481 e. The summed E-state index contributed by atoms with van der Waals surface area (Å²) < 4.78 is 5.02. The molecule has 1 amide bonds. The number of carbonyl (C=O) groups excluding carboxylic acids is 1. The predicted octanol–water partition coefficient (Wildman–Crippen LogP) is 0.392. The maximum atomic E-state index is 11.3. The highest BCUT2D eigenvalue weighted by molar-refractivity contribution is 5.85. The summed E-state index contributed by atoms with van der Waals surface area (Å²) >= 11 is 0. The van der Waals surface area contributed by atoms with E-state index in [0.29, 0.717) is 13.2 Å². The van der Waals surface area contributed by atoms with Crippen molar-refractivity contribution in [1.82, 2.24) is 5.32 Å². The molecule has 0 saturated carbocycles. The molecule has 2 N–H and O–H groups in total. The summed E-state index contributed by atoms with van der Waals surface area (Å²) in [5.74, 6) is -1.38. The molecule has 0 heterocycles. The summed E-state index contributed by atoms with van der Waals surface area (Å²) in [7, 11) is 0. The maximum absolute atomic E-state index is 11.3. The van der Waals surface area contributed by atoms with Crippen LogP contribution < -0.4 is 5.32 Å². The fourth-order valence-corrected chi connectivity index (χ4v) is 0.949. The maximum Gasteiger partial charge on any atom is 0.306 e. The van der Waals surface area contributed by atoms with Gasteiger partial charge in [-0.2, -0.15) is 0 Å². The van der Waals surface area contributed by atoms with E-state index in [1.165, 1.54) is 0 Å². The van der Waals surface area contributed by atoms with Gasteiger partial charge in [-0.15, -0.1) is 0 Å². The fraction of sp³-hybridized carbons (Fsp3) is 0.778. The predicted molar refractivity (Wildman–Crippen MR) is 51.0 cm³/mol. The number of carboxylic acids is 1. The minimum absolute atomic E-state index is 0.288. The van der Waals surface area contributed by atoms with Crippen molar-refractivity contribution in [3.63, 3.8) is 0 Å². The van der Waals surface area contributed by atoms with Gasteiger partial charge in [0.1, 0.15) is 6.10 Å². The van der Waals surface area contributed by atoms with Crippen LogP contribution in [-0.4, -0.2) is 36.2 Å². The van der Waals surface area contributed by atoms with Crippen LogP contribution in [-0.2, 0) is 14.3 Å². The Balaban J connectivity index is 4.03.